The third-order valence-electron chi connectivity index (χ3n) is 10.2. The van der Waals surface area contributed by atoms with E-state index in [1.54, 1.807) is 21.3 Å². The van der Waals surface area contributed by atoms with Crippen LogP contribution < -0.4 is 19.1 Å². The second-order valence-electron chi connectivity index (χ2n) is 13.3. The minimum Gasteiger partial charge on any atom is -0.497 e. The van der Waals surface area contributed by atoms with Crippen molar-refractivity contribution in [3.05, 3.63) is 89.6 Å². The highest BCUT2D eigenvalue weighted by molar-refractivity contribution is 7.16. The Balaban J connectivity index is 1.13. The number of methoxy groups -OCH3 is 3. The van der Waals surface area contributed by atoms with Crippen molar-refractivity contribution in [3.63, 3.8) is 0 Å². The Morgan fingerprint density at radius 2 is 1.62 bits per heavy atom. The van der Waals surface area contributed by atoms with E-state index in [1.807, 2.05) is 30.5 Å². The monoisotopic (exact) mass is 668 g/mol. The summed E-state index contributed by atoms with van der Waals surface area (Å²) >= 11 is 1.52. The van der Waals surface area contributed by atoms with Crippen LogP contribution in [0.15, 0.2) is 72.9 Å². The fraction of sp³-hybridized carbons (Fsp3) is 0.450. The number of hydrogen-bond donors (Lipinski definition) is 0. The Labute approximate surface area is 289 Å². The van der Waals surface area contributed by atoms with Crippen LogP contribution in [0.2, 0.25) is 0 Å². The summed E-state index contributed by atoms with van der Waals surface area (Å²) in [7, 11) is 5.05. The van der Waals surface area contributed by atoms with Gasteiger partial charge in [0, 0.05) is 24.3 Å². The summed E-state index contributed by atoms with van der Waals surface area (Å²) in [6.45, 7) is 3.44. The fourth-order valence-electron chi connectivity index (χ4n) is 7.36. The van der Waals surface area contributed by atoms with Gasteiger partial charge in [-0.2, -0.15) is 0 Å². The van der Waals surface area contributed by atoms with Crippen molar-refractivity contribution in [2.45, 2.75) is 76.9 Å². The highest BCUT2D eigenvalue weighted by Gasteiger charge is 2.33. The molecule has 0 N–H and O–H groups in total. The number of nitrogens with zero attached hydrogens (tertiary/aromatic N) is 2. The molecule has 8 heteroatoms. The molecule has 3 aromatic carbocycles. The smallest absolute Gasteiger partial charge is 0.273 e. The molecule has 0 unspecified atom stereocenters. The van der Waals surface area contributed by atoms with E-state index in [4.69, 9.17) is 18.9 Å². The lowest BCUT2D eigenvalue weighted by Crippen LogP contribution is -2.42. The van der Waals surface area contributed by atoms with Crippen LogP contribution in [0.3, 0.4) is 0 Å². The van der Waals surface area contributed by atoms with Gasteiger partial charge in [-0.25, -0.2) is 4.98 Å². The van der Waals surface area contributed by atoms with Gasteiger partial charge in [0.1, 0.15) is 11.5 Å². The van der Waals surface area contributed by atoms with Gasteiger partial charge in [0.25, 0.3) is 5.19 Å². The van der Waals surface area contributed by atoms with Gasteiger partial charge in [0.2, 0.25) is 5.91 Å². The molecule has 48 heavy (non-hydrogen) atoms. The standard InChI is InChI=1S/C40H48N2O5S/c1-27-22-32(16-21-37(27)45-3)30-12-8-28(9-13-30)25-42(34-7-5-6-33(23-34)38-24-41-40(46-4)48-38)39(43)31-14-19-36(20-15-31)47-26-29-10-17-35(44-2)18-11-29/h5-7,10-11,16-18,21-24,28,30-31,36H,8-9,12-15,19-20,25-26H2,1-4H3/t28-,30-,31-,36-. The maximum absolute atomic E-state index is 14.4. The first-order chi connectivity index (χ1) is 23.4. The van der Waals surface area contributed by atoms with E-state index < -0.39 is 0 Å². The van der Waals surface area contributed by atoms with Crippen molar-refractivity contribution in [1.29, 1.82) is 0 Å². The second kappa shape index (κ2) is 16.0. The number of ether oxygens (including phenoxy) is 4. The fourth-order valence-corrected chi connectivity index (χ4v) is 8.09. The summed E-state index contributed by atoms with van der Waals surface area (Å²) in [5, 5.41) is 0.637. The zero-order chi connectivity index (χ0) is 33.5. The highest BCUT2D eigenvalue weighted by atomic mass is 32.1. The number of amides is 1. The first-order valence-electron chi connectivity index (χ1n) is 17.2. The average molecular weight is 669 g/mol. The summed E-state index contributed by atoms with van der Waals surface area (Å²) in [6.07, 6.45) is 9.99. The van der Waals surface area contributed by atoms with Gasteiger partial charge in [0.05, 0.1) is 38.9 Å². The average Bonchev–Trinajstić information content (AvgIpc) is 3.63. The SMILES string of the molecule is COc1ccc(CO[C@H]2CC[C@H](C(=O)N(C[C@H]3CC[C@H](c4ccc(OC)c(C)c4)CC3)c3cccc(-c4cnc(OC)s4)c3)CC2)cc1. The van der Waals surface area contributed by atoms with Crippen LogP contribution in [-0.2, 0) is 16.1 Å². The third-order valence-corrected chi connectivity index (χ3v) is 11.2. The number of rotatable bonds is 12. The molecule has 2 fully saturated rings. The van der Waals surface area contributed by atoms with Crippen LogP contribution in [0.1, 0.15) is 74.0 Å². The van der Waals surface area contributed by atoms with Gasteiger partial charge >= 0.3 is 0 Å². The van der Waals surface area contributed by atoms with E-state index in [0.717, 1.165) is 91.1 Å². The lowest BCUT2D eigenvalue weighted by atomic mass is 9.78. The molecular weight excluding hydrogens is 621 g/mol. The zero-order valence-electron chi connectivity index (χ0n) is 28.7. The molecule has 1 aromatic heterocycles. The molecule has 0 bridgehead atoms. The minimum absolute atomic E-state index is 0.00314. The molecule has 2 aliphatic carbocycles. The topological polar surface area (TPSA) is 70.1 Å². The quantitative estimate of drug-likeness (QED) is 0.150. The second-order valence-corrected chi connectivity index (χ2v) is 14.3. The van der Waals surface area contributed by atoms with E-state index in [0.29, 0.717) is 23.6 Å². The number of anilines is 1. The Kier molecular flexibility index (Phi) is 11.3. The number of thiazole rings is 1. The summed E-state index contributed by atoms with van der Waals surface area (Å²) in [4.78, 5) is 21.9. The number of hydrogen-bond acceptors (Lipinski definition) is 7. The Bertz CT molecular complexity index is 1640. The van der Waals surface area contributed by atoms with Crippen LogP contribution in [0.4, 0.5) is 5.69 Å². The third kappa shape index (κ3) is 8.21. The van der Waals surface area contributed by atoms with Crippen LogP contribution in [0.5, 0.6) is 16.7 Å². The molecule has 0 atom stereocenters. The van der Waals surface area contributed by atoms with E-state index >= 15 is 0 Å². The molecule has 0 saturated heterocycles. The lowest BCUT2D eigenvalue weighted by Gasteiger charge is -2.36. The van der Waals surface area contributed by atoms with Crippen molar-refractivity contribution in [1.82, 2.24) is 4.98 Å². The normalized spacial score (nSPS) is 21.0. The van der Waals surface area contributed by atoms with Crippen molar-refractivity contribution >= 4 is 22.9 Å². The summed E-state index contributed by atoms with van der Waals surface area (Å²) in [5.74, 6) is 3.04. The lowest BCUT2D eigenvalue weighted by molar-refractivity contribution is -0.124. The van der Waals surface area contributed by atoms with Gasteiger partial charge in [0.15, 0.2) is 0 Å². The van der Waals surface area contributed by atoms with E-state index in [-0.39, 0.29) is 17.9 Å². The first kappa shape index (κ1) is 34.0. The highest BCUT2D eigenvalue weighted by Crippen LogP contribution is 2.40. The van der Waals surface area contributed by atoms with Crippen molar-refractivity contribution in [2.75, 3.05) is 32.8 Å². The molecule has 2 saturated carbocycles. The van der Waals surface area contributed by atoms with E-state index in [1.165, 1.54) is 22.5 Å². The number of aryl methyl sites for hydroxylation is 1. The Hall–Kier alpha value is -3.88. The number of carbonyl (C=O) groups is 1. The first-order valence-corrected chi connectivity index (χ1v) is 18.1. The molecule has 7 nitrogen and oxygen atoms in total. The van der Waals surface area contributed by atoms with E-state index in [2.05, 4.69) is 59.3 Å². The largest absolute Gasteiger partial charge is 0.497 e. The number of carbonyl (C=O) groups excluding carboxylic acids is 1. The van der Waals surface area contributed by atoms with Gasteiger partial charge in [-0.05, 0) is 123 Å². The van der Waals surface area contributed by atoms with Crippen molar-refractivity contribution in [3.8, 4) is 27.1 Å². The molecule has 6 rings (SSSR count). The molecule has 4 aromatic rings. The molecule has 0 radical (unpaired) electrons. The maximum Gasteiger partial charge on any atom is 0.273 e. The Morgan fingerprint density at radius 3 is 2.29 bits per heavy atom. The van der Waals surface area contributed by atoms with E-state index in [9.17, 15) is 4.79 Å². The molecule has 0 aliphatic heterocycles. The van der Waals surface area contributed by atoms with Crippen LogP contribution in [0, 0.1) is 18.8 Å². The minimum atomic E-state index is -0.00314. The molecule has 1 amide bonds. The van der Waals surface area contributed by atoms with Crippen molar-refractivity contribution in [2.24, 2.45) is 11.8 Å². The molecule has 2 aliphatic rings. The zero-order valence-corrected chi connectivity index (χ0v) is 29.5. The Morgan fingerprint density at radius 1 is 0.854 bits per heavy atom. The van der Waals surface area contributed by atoms with Crippen molar-refractivity contribution < 1.29 is 23.7 Å². The summed E-state index contributed by atoms with van der Waals surface area (Å²) in [5.41, 5.74) is 5.75. The molecule has 1 heterocycles. The van der Waals surface area contributed by atoms with Gasteiger partial charge in [-0.1, -0.05) is 47.7 Å². The number of aromatic nitrogens is 1. The number of benzene rings is 3. The molecular formula is C40H48N2O5S. The predicted molar refractivity (Wildman–Crippen MR) is 192 cm³/mol. The molecule has 254 valence electrons. The maximum atomic E-state index is 14.4. The summed E-state index contributed by atoms with van der Waals surface area (Å²) in [6, 6.07) is 23.0. The van der Waals surface area contributed by atoms with Gasteiger partial charge in [-0.15, -0.1) is 0 Å². The summed E-state index contributed by atoms with van der Waals surface area (Å²) < 4.78 is 22.4. The molecule has 0 spiro atoms. The van der Waals surface area contributed by atoms with Crippen LogP contribution >= 0.6 is 11.3 Å². The van der Waals surface area contributed by atoms with Crippen LogP contribution in [-0.4, -0.2) is 44.9 Å². The van der Waals surface area contributed by atoms with Gasteiger partial charge in [-0.3, -0.25) is 4.79 Å². The predicted octanol–water partition coefficient (Wildman–Crippen LogP) is 9.23. The van der Waals surface area contributed by atoms with Crippen LogP contribution in [0.25, 0.3) is 10.4 Å². The van der Waals surface area contributed by atoms with Gasteiger partial charge < -0.3 is 23.8 Å².